The van der Waals surface area contributed by atoms with Crippen molar-refractivity contribution in [2.24, 2.45) is 0 Å². The van der Waals surface area contributed by atoms with Crippen LogP contribution in [0.2, 0.25) is 0 Å². The third-order valence-corrected chi connectivity index (χ3v) is 5.93. The molecule has 0 radical (unpaired) electrons. The SMILES string of the molecule is CCC(c1cccc(NC(=O)C2CCCN2C(=O)O)c1)c1c(O)c2ccccc2oc1=O. The number of carbonyl (C=O) groups excluding carboxylic acids is 1. The normalized spacial score (nSPS) is 16.8. The Bertz CT molecular complexity index is 1230. The second kappa shape index (κ2) is 8.74. The Hall–Kier alpha value is -3.81. The molecule has 3 N–H and O–H groups in total. The summed E-state index contributed by atoms with van der Waals surface area (Å²) in [6.45, 7) is 2.23. The van der Waals surface area contributed by atoms with Crippen molar-refractivity contribution in [3.63, 3.8) is 0 Å². The maximum atomic E-state index is 12.7. The Labute approximate surface area is 184 Å². The Morgan fingerprint density at radius 3 is 2.75 bits per heavy atom. The minimum absolute atomic E-state index is 0.110. The van der Waals surface area contributed by atoms with Crippen molar-refractivity contribution >= 4 is 28.7 Å². The first kappa shape index (κ1) is 21.4. The van der Waals surface area contributed by atoms with Gasteiger partial charge in [0.05, 0.1) is 10.9 Å². The van der Waals surface area contributed by atoms with E-state index in [1.54, 1.807) is 42.5 Å². The first-order valence-corrected chi connectivity index (χ1v) is 10.6. The summed E-state index contributed by atoms with van der Waals surface area (Å²) in [5.41, 5.74) is 1.10. The summed E-state index contributed by atoms with van der Waals surface area (Å²) < 4.78 is 5.43. The van der Waals surface area contributed by atoms with Gasteiger partial charge in [0, 0.05) is 18.2 Å². The molecule has 1 aromatic heterocycles. The number of rotatable bonds is 5. The second-order valence-corrected chi connectivity index (χ2v) is 7.86. The van der Waals surface area contributed by atoms with Gasteiger partial charge in [-0.05, 0) is 49.1 Å². The number of hydrogen-bond donors (Lipinski definition) is 3. The van der Waals surface area contributed by atoms with Crippen LogP contribution >= 0.6 is 0 Å². The molecule has 0 spiro atoms. The molecule has 8 nitrogen and oxygen atoms in total. The second-order valence-electron chi connectivity index (χ2n) is 7.86. The Morgan fingerprint density at radius 1 is 1.22 bits per heavy atom. The fourth-order valence-electron chi connectivity index (χ4n) is 4.39. The first-order chi connectivity index (χ1) is 15.4. The molecule has 1 fully saturated rings. The van der Waals surface area contributed by atoms with Crippen molar-refractivity contribution in [2.45, 2.75) is 38.1 Å². The maximum absolute atomic E-state index is 12.7. The van der Waals surface area contributed by atoms with Crippen molar-refractivity contribution in [1.29, 1.82) is 0 Å². The van der Waals surface area contributed by atoms with Crippen LogP contribution in [-0.2, 0) is 4.79 Å². The topological polar surface area (TPSA) is 120 Å². The van der Waals surface area contributed by atoms with Gasteiger partial charge in [-0.15, -0.1) is 0 Å². The van der Waals surface area contributed by atoms with E-state index >= 15 is 0 Å². The molecule has 2 unspecified atom stereocenters. The minimum Gasteiger partial charge on any atom is -0.507 e. The summed E-state index contributed by atoms with van der Waals surface area (Å²) >= 11 is 0. The molecule has 0 aliphatic carbocycles. The van der Waals surface area contributed by atoms with Crippen LogP contribution in [0, 0.1) is 0 Å². The number of anilines is 1. The Kier molecular flexibility index (Phi) is 5.85. The van der Waals surface area contributed by atoms with Crippen LogP contribution in [0.1, 0.15) is 43.2 Å². The predicted octanol–water partition coefficient (Wildman–Crippen LogP) is 4.12. The van der Waals surface area contributed by atoms with Gasteiger partial charge >= 0.3 is 11.7 Å². The monoisotopic (exact) mass is 436 g/mol. The quantitative estimate of drug-likeness (QED) is 0.518. The lowest BCUT2D eigenvalue weighted by Crippen LogP contribution is -2.42. The number of aromatic hydroxyl groups is 1. The summed E-state index contributed by atoms with van der Waals surface area (Å²) in [7, 11) is 0. The first-order valence-electron chi connectivity index (χ1n) is 10.6. The highest BCUT2D eigenvalue weighted by Gasteiger charge is 2.34. The molecule has 2 amide bonds. The van der Waals surface area contributed by atoms with E-state index in [9.17, 15) is 24.6 Å². The van der Waals surface area contributed by atoms with Crippen LogP contribution in [0.15, 0.2) is 57.7 Å². The summed E-state index contributed by atoms with van der Waals surface area (Å²) in [5.74, 6) is -0.945. The number of likely N-dealkylation sites (tertiary alicyclic amines) is 1. The van der Waals surface area contributed by atoms with E-state index in [1.165, 1.54) is 0 Å². The minimum atomic E-state index is -1.11. The summed E-state index contributed by atoms with van der Waals surface area (Å²) in [6.07, 6.45) is 0.519. The van der Waals surface area contributed by atoms with Crippen molar-refractivity contribution in [1.82, 2.24) is 4.90 Å². The lowest BCUT2D eigenvalue weighted by atomic mass is 9.88. The largest absolute Gasteiger partial charge is 0.507 e. The number of nitrogens with one attached hydrogen (secondary N) is 1. The number of carbonyl (C=O) groups is 2. The zero-order chi connectivity index (χ0) is 22.8. The predicted molar refractivity (Wildman–Crippen MR) is 119 cm³/mol. The maximum Gasteiger partial charge on any atom is 0.407 e. The number of amides is 2. The highest BCUT2D eigenvalue weighted by atomic mass is 16.4. The van der Waals surface area contributed by atoms with Crippen LogP contribution in [-0.4, -0.2) is 39.7 Å². The number of fused-ring (bicyclic) bond motifs is 1. The van der Waals surface area contributed by atoms with Crippen LogP contribution < -0.4 is 10.9 Å². The molecular weight excluding hydrogens is 412 g/mol. The lowest BCUT2D eigenvalue weighted by molar-refractivity contribution is -0.119. The van der Waals surface area contributed by atoms with Crippen LogP contribution in [0.4, 0.5) is 10.5 Å². The summed E-state index contributed by atoms with van der Waals surface area (Å²) in [5, 5.41) is 23.4. The van der Waals surface area contributed by atoms with Crippen molar-refractivity contribution in [3.8, 4) is 5.75 Å². The van der Waals surface area contributed by atoms with E-state index in [1.807, 2.05) is 13.0 Å². The molecule has 8 heteroatoms. The fourth-order valence-corrected chi connectivity index (χ4v) is 4.39. The molecule has 166 valence electrons. The van der Waals surface area contributed by atoms with Crippen LogP contribution in [0.25, 0.3) is 11.0 Å². The van der Waals surface area contributed by atoms with E-state index < -0.39 is 23.7 Å². The van der Waals surface area contributed by atoms with Gasteiger partial charge in [-0.3, -0.25) is 9.69 Å². The molecule has 1 aliphatic heterocycles. The number of carboxylic acid groups (broad SMARTS) is 1. The number of para-hydroxylation sites is 1. The molecule has 2 atom stereocenters. The molecular formula is C24H24N2O6. The number of hydrogen-bond acceptors (Lipinski definition) is 5. The molecule has 1 saturated heterocycles. The van der Waals surface area contributed by atoms with Gasteiger partial charge in [0.1, 0.15) is 17.4 Å². The zero-order valence-corrected chi connectivity index (χ0v) is 17.6. The number of nitrogens with zero attached hydrogens (tertiary/aromatic N) is 1. The lowest BCUT2D eigenvalue weighted by Gasteiger charge is -2.21. The van der Waals surface area contributed by atoms with Crippen LogP contribution in [0.5, 0.6) is 5.75 Å². The molecule has 0 saturated carbocycles. The van der Waals surface area contributed by atoms with E-state index in [0.29, 0.717) is 42.5 Å². The molecule has 0 bridgehead atoms. The standard InChI is InChI=1S/C24H24N2O6/c1-2-16(20-21(27)17-9-3-4-11-19(17)32-23(20)29)14-7-5-8-15(13-14)25-22(28)18-10-6-12-26(18)24(30)31/h3-5,7-9,11,13,16,18,27H,2,6,10,12H2,1H3,(H,25,28)(H,30,31). The molecule has 2 heterocycles. The van der Waals surface area contributed by atoms with E-state index in [0.717, 1.165) is 10.5 Å². The zero-order valence-electron chi connectivity index (χ0n) is 17.6. The molecule has 4 rings (SSSR count). The third kappa shape index (κ3) is 3.91. The van der Waals surface area contributed by atoms with Gasteiger partial charge in [0.15, 0.2) is 0 Å². The van der Waals surface area contributed by atoms with E-state index in [4.69, 9.17) is 4.42 Å². The summed E-state index contributed by atoms with van der Waals surface area (Å²) in [6, 6.07) is 13.1. The van der Waals surface area contributed by atoms with Crippen LogP contribution in [0.3, 0.4) is 0 Å². The van der Waals surface area contributed by atoms with Crippen molar-refractivity contribution < 1.29 is 24.2 Å². The average Bonchev–Trinajstić information content (AvgIpc) is 3.27. The van der Waals surface area contributed by atoms with Crippen molar-refractivity contribution in [3.05, 3.63) is 70.1 Å². The molecule has 3 aromatic rings. The van der Waals surface area contributed by atoms with Gasteiger partial charge < -0.3 is 19.9 Å². The fraction of sp³-hybridized carbons (Fsp3) is 0.292. The van der Waals surface area contributed by atoms with Gasteiger partial charge in [-0.2, -0.15) is 0 Å². The third-order valence-electron chi connectivity index (χ3n) is 5.93. The highest BCUT2D eigenvalue weighted by molar-refractivity contribution is 5.96. The van der Waals surface area contributed by atoms with Gasteiger partial charge in [-0.25, -0.2) is 9.59 Å². The molecule has 1 aliphatic rings. The Morgan fingerprint density at radius 2 is 2.00 bits per heavy atom. The number of benzene rings is 2. The van der Waals surface area contributed by atoms with E-state index in [-0.39, 0.29) is 17.2 Å². The van der Waals surface area contributed by atoms with Gasteiger partial charge in [0.2, 0.25) is 5.91 Å². The highest BCUT2D eigenvalue weighted by Crippen LogP contribution is 2.36. The van der Waals surface area contributed by atoms with Gasteiger partial charge in [0.25, 0.3) is 0 Å². The van der Waals surface area contributed by atoms with Gasteiger partial charge in [-0.1, -0.05) is 31.2 Å². The Balaban J connectivity index is 1.65. The molecule has 2 aromatic carbocycles. The average molecular weight is 436 g/mol. The van der Waals surface area contributed by atoms with E-state index in [2.05, 4.69) is 5.32 Å². The van der Waals surface area contributed by atoms with Crippen molar-refractivity contribution in [2.75, 3.05) is 11.9 Å². The molecule has 32 heavy (non-hydrogen) atoms. The summed E-state index contributed by atoms with van der Waals surface area (Å²) in [4.78, 5) is 37.9. The smallest absolute Gasteiger partial charge is 0.407 e.